The molecule has 3 heteroatoms. The quantitative estimate of drug-likeness (QED) is 0.737. The van der Waals surface area contributed by atoms with Crippen molar-refractivity contribution in [2.24, 2.45) is 5.73 Å². The van der Waals surface area contributed by atoms with Gasteiger partial charge in [0.05, 0.1) is 12.1 Å². The third-order valence-corrected chi connectivity index (χ3v) is 2.24. The summed E-state index contributed by atoms with van der Waals surface area (Å²) in [6, 6.07) is 9.69. The van der Waals surface area contributed by atoms with Crippen LogP contribution in [0.4, 0.5) is 0 Å². The van der Waals surface area contributed by atoms with E-state index in [1.54, 1.807) is 13.8 Å². The van der Waals surface area contributed by atoms with E-state index in [2.05, 4.69) is 17.2 Å². The van der Waals surface area contributed by atoms with Gasteiger partial charge < -0.3 is 5.73 Å². The van der Waals surface area contributed by atoms with Crippen molar-refractivity contribution < 1.29 is 4.79 Å². The molecule has 1 aromatic rings. The van der Waals surface area contributed by atoms with Crippen molar-refractivity contribution in [3.63, 3.8) is 0 Å². The van der Waals surface area contributed by atoms with Gasteiger partial charge in [0.1, 0.15) is 0 Å². The molecule has 3 N–H and O–H groups in total. The first kappa shape index (κ1) is 12.3. The van der Waals surface area contributed by atoms with Crippen molar-refractivity contribution in [3.05, 3.63) is 35.9 Å². The minimum absolute atomic E-state index is 0.381. The summed E-state index contributed by atoms with van der Waals surface area (Å²) in [6.07, 6.45) is 0. The van der Waals surface area contributed by atoms with Gasteiger partial charge in [-0.3, -0.25) is 10.1 Å². The van der Waals surface area contributed by atoms with Gasteiger partial charge >= 0.3 is 0 Å². The highest BCUT2D eigenvalue weighted by Gasteiger charge is 2.22. The van der Waals surface area contributed by atoms with Crippen LogP contribution in [-0.4, -0.2) is 18.0 Å². The van der Waals surface area contributed by atoms with Gasteiger partial charge in [-0.1, -0.05) is 30.0 Å². The highest BCUT2D eigenvalue weighted by atomic mass is 16.1. The van der Waals surface area contributed by atoms with E-state index in [-0.39, 0.29) is 5.91 Å². The Morgan fingerprint density at radius 3 is 2.56 bits per heavy atom. The van der Waals surface area contributed by atoms with Gasteiger partial charge in [0.2, 0.25) is 5.91 Å². The average Bonchev–Trinajstić information content (AvgIpc) is 2.26. The van der Waals surface area contributed by atoms with Gasteiger partial charge in [-0.25, -0.2) is 0 Å². The number of hydrogen-bond acceptors (Lipinski definition) is 2. The highest BCUT2D eigenvalue weighted by Crippen LogP contribution is 1.99. The smallest absolute Gasteiger partial charge is 0.237 e. The molecule has 3 nitrogen and oxygen atoms in total. The van der Waals surface area contributed by atoms with Gasteiger partial charge in [-0.2, -0.15) is 0 Å². The molecule has 0 aliphatic rings. The molecule has 0 aliphatic carbocycles. The predicted octanol–water partition coefficient (Wildman–Crippen LogP) is 0.892. The molecule has 0 heterocycles. The topological polar surface area (TPSA) is 55.1 Å². The van der Waals surface area contributed by atoms with E-state index >= 15 is 0 Å². The van der Waals surface area contributed by atoms with Crippen LogP contribution < -0.4 is 11.1 Å². The number of rotatable bonds is 3. The monoisotopic (exact) mass is 216 g/mol. The summed E-state index contributed by atoms with van der Waals surface area (Å²) in [5.74, 6) is 5.55. The van der Waals surface area contributed by atoms with E-state index in [4.69, 9.17) is 5.73 Å². The Kier molecular flexibility index (Phi) is 4.10. The lowest BCUT2D eigenvalue weighted by molar-refractivity contribution is -0.123. The number of amides is 1. The predicted molar refractivity (Wildman–Crippen MR) is 64.6 cm³/mol. The first-order valence-corrected chi connectivity index (χ1v) is 5.11. The van der Waals surface area contributed by atoms with E-state index < -0.39 is 5.54 Å². The number of primary amides is 1. The lowest BCUT2D eigenvalue weighted by Gasteiger charge is -2.20. The Morgan fingerprint density at radius 2 is 2.00 bits per heavy atom. The van der Waals surface area contributed by atoms with Crippen LogP contribution in [-0.2, 0) is 4.79 Å². The van der Waals surface area contributed by atoms with Crippen LogP contribution in [0.5, 0.6) is 0 Å². The Balaban J connectivity index is 2.48. The van der Waals surface area contributed by atoms with Crippen LogP contribution in [0.1, 0.15) is 19.4 Å². The summed E-state index contributed by atoms with van der Waals surface area (Å²) in [5.41, 5.74) is 5.46. The summed E-state index contributed by atoms with van der Waals surface area (Å²) in [6.45, 7) is 3.91. The molecular formula is C13H16N2O. The molecule has 1 amide bonds. The molecule has 1 rings (SSSR count). The number of carbonyl (C=O) groups excluding carboxylic acids is 1. The first-order chi connectivity index (χ1) is 7.52. The zero-order chi connectivity index (χ0) is 12.0. The van der Waals surface area contributed by atoms with E-state index in [0.29, 0.717) is 6.54 Å². The molecule has 0 spiro atoms. The molecule has 0 saturated carbocycles. The number of hydrogen-bond donors (Lipinski definition) is 2. The number of nitrogens with one attached hydrogen (secondary N) is 1. The maximum atomic E-state index is 11.0. The summed E-state index contributed by atoms with van der Waals surface area (Å²) in [4.78, 5) is 11.0. The van der Waals surface area contributed by atoms with E-state index in [1.807, 2.05) is 30.3 Å². The normalized spacial score (nSPS) is 10.4. The summed E-state index contributed by atoms with van der Waals surface area (Å²) in [5, 5.41) is 2.98. The Hall–Kier alpha value is -1.79. The molecule has 0 saturated heterocycles. The third-order valence-electron chi connectivity index (χ3n) is 2.24. The van der Waals surface area contributed by atoms with Gasteiger partial charge in [0.15, 0.2) is 0 Å². The lowest BCUT2D eigenvalue weighted by atomic mass is 10.1. The van der Waals surface area contributed by atoms with Crippen molar-refractivity contribution in [1.29, 1.82) is 0 Å². The fourth-order valence-corrected chi connectivity index (χ4v) is 1.02. The average molecular weight is 216 g/mol. The second kappa shape index (κ2) is 5.34. The SMILES string of the molecule is CC(C)(NCC#Cc1ccccc1)C(N)=O. The molecule has 0 fully saturated rings. The summed E-state index contributed by atoms with van der Waals surface area (Å²) in [7, 11) is 0. The molecule has 1 aromatic carbocycles. The van der Waals surface area contributed by atoms with Crippen molar-refractivity contribution in [2.75, 3.05) is 6.54 Å². The molecule has 0 atom stereocenters. The van der Waals surface area contributed by atoms with Crippen molar-refractivity contribution in [2.45, 2.75) is 19.4 Å². The van der Waals surface area contributed by atoms with Gasteiger partial charge in [-0.15, -0.1) is 0 Å². The van der Waals surface area contributed by atoms with E-state index in [9.17, 15) is 4.79 Å². The van der Waals surface area contributed by atoms with Gasteiger partial charge in [0, 0.05) is 5.56 Å². The van der Waals surface area contributed by atoms with Crippen molar-refractivity contribution in [3.8, 4) is 11.8 Å². The van der Waals surface area contributed by atoms with Crippen LogP contribution in [0.3, 0.4) is 0 Å². The molecule has 0 aliphatic heterocycles. The fraction of sp³-hybridized carbons (Fsp3) is 0.308. The molecule has 16 heavy (non-hydrogen) atoms. The Bertz CT molecular complexity index is 413. The maximum absolute atomic E-state index is 11.0. The molecule has 84 valence electrons. The number of nitrogens with two attached hydrogens (primary N) is 1. The second-order valence-corrected chi connectivity index (χ2v) is 4.01. The van der Waals surface area contributed by atoms with Gasteiger partial charge in [-0.05, 0) is 26.0 Å². The van der Waals surface area contributed by atoms with Crippen LogP contribution in [0.25, 0.3) is 0 Å². The van der Waals surface area contributed by atoms with Crippen LogP contribution >= 0.6 is 0 Å². The Morgan fingerprint density at radius 1 is 1.38 bits per heavy atom. The van der Waals surface area contributed by atoms with E-state index in [1.165, 1.54) is 0 Å². The van der Waals surface area contributed by atoms with Gasteiger partial charge in [0.25, 0.3) is 0 Å². The molecular weight excluding hydrogens is 200 g/mol. The zero-order valence-corrected chi connectivity index (χ0v) is 9.58. The van der Waals surface area contributed by atoms with Crippen molar-refractivity contribution >= 4 is 5.91 Å². The lowest BCUT2D eigenvalue weighted by Crippen LogP contribution is -2.50. The standard InChI is InChI=1S/C13H16N2O/c1-13(2,12(14)16)15-10-6-9-11-7-4-3-5-8-11/h3-5,7-8,15H,10H2,1-2H3,(H2,14,16). The van der Waals surface area contributed by atoms with Crippen LogP contribution in [0.2, 0.25) is 0 Å². The third kappa shape index (κ3) is 3.76. The van der Waals surface area contributed by atoms with E-state index in [0.717, 1.165) is 5.56 Å². The highest BCUT2D eigenvalue weighted by molar-refractivity contribution is 5.83. The first-order valence-electron chi connectivity index (χ1n) is 5.11. The molecule has 0 unspecified atom stereocenters. The Labute approximate surface area is 96.0 Å². The van der Waals surface area contributed by atoms with Crippen LogP contribution in [0, 0.1) is 11.8 Å². The number of benzene rings is 1. The van der Waals surface area contributed by atoms with Crippen LogP contribution in [0.15, 0.2) is 30.3 Å². The second-order valence-electron chi connectivity index (χ2n) is 4.01. The minimum Gasteiger partial charge on any atom is -0.368 e. The molecule has 0 aromatic heterocycles. The summed E-state index contributed by atoms with van der Waals surface area (Å²) >= 11 is 0. The van der Waals surface area contributed by atoms with Crippen molar-refractivity contribution in [1.82, 2.24) is 5.32 Å². The molecule has 0 radical (unpaired) electrons. The maximum Gasteiger partial charge on any atom is 0.237 e. The largest absolute Gasteiger partial charge is 0.368 e. The fourth-order valence-electron chi connectivity index (χ4n) is 1.02. The zero-order valence-electron chi connectivity index (χ0n) is 9.58. The number of carbonyl (C=O) groups is 1. The minimum atomic E-state index is -0.717. The molecule has 0 bridgehead atoms. The summed E-state index contributed by atoms with van der Waals surface area (Å²) < 4.78 is 0.